The summed E-state index contributed by atoms with van der Waals surface area (Å²) in [6, 6.07) is -1.59. The molecular weight excluding hydrogens is 292 g/mol. The van der Waals surface area contributed by atoms with Crippen molar-refractivity contribution in [1.29, 1.82) is 0 Å². The number of carbonyl (C=O) groups is 2. The maximum absolute atomic E-state index is 12.5. The second-order valence-electron chi connectivity index (χ2n) is 4.81. The second kappa shape index (κ2) is 4.42. The SMILES string of the molecule is CO/N=C/[C@@]1(C)[C@H](C(=O)O)N2C(=O)[C@@H](CO)[C@H]2S1(=O)=O. The molecular formula is C10H14N2O7S. The number of aliphatic hydroxyl groups excluding tert-OH is 1. The summed E-state index contributed by atoms with van der Waals surface area (Å²) in [5.41, 5.74) is 0. The number of β-lactam (4-membered cyclic amide) rings is 1. The summed E-state index contributed by atoms with van der Waals surface area (Å²) >= 11 is 0. The van der Waals surface area contributed by atoms with E-state index in [1.165, 1.54) is 14.0 Å². The van der Waals surface area contributed by atoms with Crippen molar-refractivity contribution in [2.24, 2.45) is 11.1 Å². The van der Waals surface area contributed by atoms with Crippen LogP contribution in [0.2, 0.25) is 0 Å². The molecule has 112 valence electrons. The zero-order valence-corrected chi connectivity index (χ0v) is 11.6. The molecule has 0 bridgehead atoms. The molecule has 2 aliphatic heterocycles. The first-order valence-electron chi connectivity index (χ1n) is 5.71. The van der Waals surface area contributed by atoms with Gasteiger partial charge in [-0.05, 0) is 6.92 Å². The van der Waals surface area contributed by atoms with Crippen LogP contribution in [0.1, 0.15) is 6.92 Å². The number of carboxylic acids is 1. The molecule has 0 spiro atoms. The van der Waals surface area contributed by atoms with Gasteiger partial charge in [0.1, 0.15) is 17.2 Å². The summed E-state index contributed by atoms with van der Waals surface area (Å²) in [6.07, 6.45) is 0.876. The highest BCUT2D eigenvalue weighted by atomic mass is 32.2. The monoisotopic (exact) mass is 306 g/mol. The molecule has 2 rings (SSSR count). The third-order valence-corrected chi connectivity index (χ3v) is 6.53. The van der Waals surface area contributed by atoms with Crippen molar-refractivity contribution in [3.05, 3.63) is 0 Å². The first-order valence-corrected chi connectivity index (χ1v) is 7.25. The number of fused-ring (bicyclic) bond motifs is 1. The highest BCUT2D eigenvalue weighted by Crippen LogP contribution is 2.47. The molecule has 2 aliphatic rings. The minimum Gasteiger partial charge on any atom is -0.480 e. The Labute approximate surface area is 114 Å². The van der Waals surface area contributed by atoms with Gasteiger partial charge >= 0.3 is 5.97 Å². The predicted octanol–water partition coefficient (Wildman–Crippen LogP) is -1.96. The van der Waals surface area contributed by atoms with E-state index in [9.17, 15) is 23.1 Å². The minimum absolute atomic E-state index is 0.650. The average Bonchev–Trinajstić information content (AvgIpc) is 2.52. The van der Waals surface area contributed by atoms with Crippen molar-refractivity contribution in [1.82, 2.24) is 4.90 Å². The van der Waals surface area contributed by atoms with Gasteiger partial charge in [0.15, 0.2) is 15.9 Å². The number of hydrogen-bond donors (Lipinski definition) is 2. The Balaban J connectivity index is 2.59. The van der Waals surface area contributed by atoms with E-state index in [-0.39, 0.29) is 0 Å². The minimum atomic E-state index is -4.05. The first-order chi connectivity index (χ1) is 9.24. The second-order valence-corrected chi connectivity index (χ2v) is 7.26. The van der Waals surface area contributed by atoms with Gasteiger partial charge in [-0.3, -0.25) is 4.79 Å². The molecule has 0 radical (unpaired) electrons. The predicted molar refractivity (Wildman–Crippen MR) is 65.5 cm³/mol. The van der Waals surface area contributed by atoms with Gasteiger partial charge < -0.3 is 20.0 Å². The van der Waals surface area contributed by atoms with Crippen LogP contribution in [0.15, 0.2) is 5.16 Å². The third kappa shape index (κ3) is 1.51. The lowest BCUT2D eigenvalue weighted by Gasteiger charge is -2.41. The first kappa shape index (κ1) is 14.7. The summed E-state index contributed by atoms with van der Waals surface area (Å²) < 4.78 is 23.1. The van der Waals surface area contributed by atoms with E-state index < -0.39 is 50.4 Å². The van der Waals surface area contributed by atoms with E-state index in [1.807, 2.05) is 0 Å². The Bertz CT molecular complexity index is 586. The number of hydrogen-bond acceptors (Lipinski definition) is 7. The van der Waals surface area contributed by atoms with Gasteiger partial charge in [-0.25, -0.2) is 13.2 Å². The van der Waals surface area contributed by atoms with Crippen LogP contribution in [0.5, 0.6) is 0 Å². The average molecular weight is 306 g/mol. The Kier molecular flexibility index (Phi) is 3.25. The summed E-state index contributed by atoms with van der Waals surface area (Å²) in [5, 5.41) is 20.4. The molecule has 4 atom stereocenters. The van der Waals surface area contributed by atoms with Crippen LogP contribution >= 0.6 is 0 Å². The molecule has 2 heterocycles. The number of sulfone groups is 1. The lowest BCUT2D eigenvalue weighted by atomic mass is 9.92. The van der Waals surface area contributed by atoms with E-state index >= 15 is 0 Å². The summed E-state index contributed by atoms with van der Waals surface area (Å²) in [5.74, 6) is -3.27. The van der Waals surface area contributed by atoms with E-state index in [4.69, 9.17) is 5.11 Å². The van der Waals surface area contributed by atoms with E-state index in [2.05, 4.69) is 9.99 Å². The van der Waals surface area contributed by atoms with Crippen LogP contribution in [0.4, 0.5) is 0 Å². The van der Waals surface area contributed by atoms with Crippen LogP contribution in [-0.4, -0.2) is 71.5 Å². The van der Waals surface area contributed by atoms with Crippen LogP contribution in [0.25, 0.3) is 0 Å². The highest BCUT2D eigenvalue weighted by molar-refractivity contribution is 7.94. The topological polar surface area (TPSA) is 134 Å². The summed E-state index contributed by atoms with van der Waals surface area (Å²) in [7, 11) is -2.87. The fourth-order valence-electron chi connectivity index (χ4n) is 2.72. The highest BCUT2D eigenvalue weighted by Gasteiger charge is 2.73. The molecule has 0 saturated carbocycles. The molecule has 2 saturated heterocycles. The van der Waals surface area contributed by atoms with Crippen molar-refractivity contribution in [2.45, 2.75) is 23.1 Å². The molecule has 20 heavy (non-hydrogen) atoms. The van der Waals surface area contributed by atoms with Crippen LogP contribution < -0.4 is 0 Å². The number of amides is 1. The normalized spacial score (nSPS) is 38.6. The van der Waals surface area contributed by atoms with Crippen molar-refractivity contribution < 1.29 is 33.1 Å². The van der Waals surface area contributed by atoms with Crippen molar-refractivity contribution in [3.8, 4) is 0 Å². The number of carboxylic acid groups (broad SMARTS) is 1. The largest absolute Gasteiger partial charge is 0.480 e. The molecule has 0 aliphatic carbocycles. The van der Waals surface area contributed by atoms with E-state index in [0.717, 1.165) is 11.1 Å². The molecule has 9 nitrogen and oxygen atoms in total. The molecule has 0 aromatic rings. The van der Waals surface area contributed by atoms with E-state index in [1.54, 1.807) is 0 Å². The number of nitrogens with zero attached hydrogens (tertiary/aromatic N) is 2. The maximum Gasteiger partial charge on any atom is 0.328 e. The standard InChI is InChI=1S/C10H14N2O7S/c1-10(4-11-19-2)6(9(15)16)12-7(14)5(3-13)8(12)20(10,17)18/h4-6,8,13H,3H2,1-2H3,(H,15,16)/b11-4+/t5-,6+,8-,10+/m1/s1. The molecule has 0 aromatic carbocycles. The molecule has 2 N–H and O–H groups in total. The van der Waals surface area contributed by atoms with E-state index in [0.29, 0.717) is 0 Å². The Hall–Kier alpha value is -1.68. The smallest absolute Gasteiger partial charge is 0.328 e. The van der Waals surface area contributed by atoms with Gasteiger partial charge in [-0.15, -0.1) is 0 Å². The lowest BCUT2D eigenvalue weighted by Crippen LogP contribution is -2.64. The van der Waals surface area contributed by atoms with Gasteiger partial charge in [0.25, 0.3) is 0 Å². The fourth-order valence-corrected chi connectivity index (χ4v) is 5.11. The number of carbonyl (C=O) groups excluding carboxylic acids is 1. The Morgan fingerprint density at radius 3 is 2.65 bits per heavy atom. The number of oxime groups is 1. The number of rotatable bonds is 4. The zero-order chi connectivity index (χ0) is 15.3. The van der Waals surface area contributed by atoms with Gasteiger partial charge in [0, 0.05) is 0 Å². The van der Waals surface area contributed by atoms with Crippen LogP contribution in [-0.2, 0) is 24.3 Å². The lowest BCUT2D eigenvalue weighted by molar-refractivity contribution is -0.164. The molecule has 0 aromatic heterocycles. The van der Waals surface area contributed by atoms with Crippen molar-refractivity contribution >= 4 is 27.9 Å². The molecule has 1 amide bonds. The van der Waals surface area contributed by atoms with Gasteiger partial charge in [0.2, 0.25) is 5.91 Å². The number of aliphatic hydroxyl groups is 1. The number of aliphatic carboxylic acids is 1. The third-order valence-electron chi connectivity index (χ3n) is 3.79. The molecule has 2 fully saturated rings. The van der Waals surface area contributed by atoms with Crippen molar-refractivity contribution in [3.63, 3.8) is 0 Å². The summed E-state index contributed by atoms with van der Waals surface area (Å²) in [4.78, 5) is 28.4. The molecule has 0 unspecified atom stereocenters. The summed E-state index contributed by atoms with van der Waals surface area (Å²) in [6.45, 7) is 0.521. The van der Waals surface area contributed by atoms with Crippen LogP contribution in [0.3, 0.4) is 0 Å². The quantitative estimate of drug-likeness (QED) is 0.350. The van der Waals surface area contributed by atoms with Gasteiger partial charge in [-0.2, -0.15) is 0 Å². The Morgan fingerprint density at radius 1 is 1.60 bits per heavy atom. The van der Waals surface area contributed by atoms with Crippen LogP contribution in [0, 0.1) is 5.92 Å². The maximum atomic E-state index is 12.5. The molecule has 10 heteroatoms. The fraction of sp³-hybridized carbons (Fsp3) is 0.700. The Morgan fingerprint density at radius 2 is 2.20 bits per heavy atom. The van der Waals surface area contributed by atoms with Gasteiger partial charge in [0.05, 0.1) is 18.7 Å². The van der Waals surface area contributed by atoms with Gasteiger partial charge in [-0.1, -0.05) is 5.16 Å². The van der Waals surface area contributed by atoms with Crippen molar-refractivity contribution in [2.75, 3.05) is 13.7 Å². The zero-order valence-electron chi connectivity index (χ0n) is 10.8.